The molecule has 0 bridgehead atoms. The third kappa shape index (κ3) is 4.25. The van der Waals surface area contributed by atoms with E-state index in [0.29, 0.717) is 46.4 Å². The molecule has 0 spiro atoms. The van der Waals surface area contributed by atoms with Crippen LogP contribution in [0.25, 0.3) is 45.7 Å². The molecule has 5 heterocycles. The van der Waals surface area contributed by atoms with Crippen LogP contribution in [-0.2, 0) is 12.7 Å². The summed E-state index contributed by atoms with van der Waals surface area (Å²) in [5.41, 5.74) is 1.74. The molecule has 0 N–H and O–H groups in total. The summed E-state index contributed by atoms with van der Waals surface area (Å²) in [5.74, 6) is 2.36. The lowest BCUT2D eigenvalue weighted by molar-refractivity contribution is -0.140. The molecule has 0 aliphatic carbocycles. The molecule has 0 unspecified atom stereocenters. The molecule has 0 fully saturated rings. The number of halogens is 3. The van der Waals surface area contributed by atoms with E-state index in [1.807, 2.05) is 36.6 Å². The van der Waals surface area contributed by atoms with Crippen molar-refractivity contribution >= 4 is 11.2 Å². The fourth-order valence-corrected chi connectivity index (χ4v) is 4.27. The van der Waals surface area contributed by atoms with Crippen molar-refractivity contribution in [2.75, 3.05) is 0 Å². The van der Waals surface area contributed by atoms with E-state index >= 15 is 0 Å². The first kappa shape index (κ1) is 23.7. The summed E-state index contributed by atoms with van der Waals surface area (Å²) in [5, 5.41) is 0. The van der Waals surface area contributed by atoms with Crippen molar-refractivity contribution in [3.05, 3.63) is 84.7 Å². The van der Waals surface area contributed by atoms with Gasteiger partial charge in [-0.05, 0) is 43.7 Å². The Balaban J connectivity index is 1.39. The van der Waals surface area contributed by atoms with Crippen molar-refractivity contribution in [3.8, 4) is 34.6 Å². The van der Waals surface area contributed by atoms with Gasteiger partial charge in [0.15, 0.2) is 34.5 Å². The number of benzene rings is 1. The molecular formula is C27H21F3N6O2. The van der Waals surface area contributed by atoms with Gasteiger partial charge in [-0.1, -0.05) is 24.3 Å². The summed E-state index contributed by atoms with van der Waals surface area (Å²) >= 11 is 0. The van der Waals surface area contributed by atoms with Crippen molar-refractivity contribution in [3.63, 3.8) is 0 Å². The summed E-state index contributed by atoms with van der Waals surface area (Å²) in [6, 6.07) is 14.2. The van der Waals surface area contributed by atoms with Crippen LogP contribution in [-0.4, -0.2) is 29.1 Å². The van der Waals surface area contributed by atoms with Gasteiger partial charge in [0.2, 0.25) is 0 Å². The van der Waals surface area contributed by atoms with Gasteiger partial charge in [-0.15, -0.1) is 0 Å². The Hall–Kier alpha value is -4.67. The van der Waals surface area contributed by atoms with Gasteiger partial charge in [-0.2, -0.15) is 13.2 Å². The van der Waals surface area contributed by atoms with Gasteiger partial charge >= 0.3 is 6.18 Å². The molecule has 0 saturated carbocycles. The highest BCUT2D eigenvalue weighted by Gasteiger charge is 2.35. The Morgan fingerprint density at radius 3 is 2.21 bits per heavy atom. The summed E-state index contributed by atoms with van der Waals surface area (Å²) < 4.78 is 54.5. The average molecular weight is 518 g/mol. The number of alkyl halides is 3. The Labute approximate surface area is 214 Å². The fraction of sp³-hybridized carbons (Fsp3) is 0.185. The number of aromatic nitrogens is 6. The van der Waals surface area contributed by atoms with Gasteiger partial charge in [0.1, 0.15) is 11.3 Å². The second kappa shape index (κ2) is 9.02. The van der Waals surface area contributed by atoms with Crippen molar-refractivity contribution in [1.29, 1.82) is 0 Å². The van der Waals surface area contributed by atoms with Gasteiger partial charge in [0, 0.05) is 17.8 Å². The summed E-state index contributed by atoms with van der Waals surface area (Å²) in [6.45, 7) is 4.02. The van der Waals surface area contributed by atoms with Crippen molar-refractivity contribution in [2.24, 2.45) is 0 Å². The largest absolute Gasteiger partial charge is 0.461 e. The lowest BCUT2D eigenvalue weighted by atomic mass is 10.1. The van der Waals surface area contributed by atoms with Crippen LogP contribution in [0.1, 0.15) is 31.1 Å². The molecule has 0 aliphatic heterocycles. The molecule has 0 saturated heterocycles. The predicted molar refractivity (Wildman–Crippen MR) is 133 cm³/mol. The number of imidazole rings is 2. The normalized spacial score (nSPS) is 12.2. The molecule has 5 aromatic heterocycles. The van der Waals surface area contributed by atoms with Crippen LogP contribution in [0, 0.1) is 0 Å². The Morgan fingerprint density at radius 2 is 1.58 bits per heavy atom. The number of hydrogen-bond acceptors (Lipinski definition) is 6. The van der Waals surface area contributed by atoms with Crippen molar-refractivity contribution in [1.82, 2.24) is 29.1 Å². The zero-order valence-corrected chi connectivity index (χ0v) is 20.3. The first-order chi connectivity index (χ1) is 18.3. The van der Waals surface area contributed by atoms with E-state index < -0.39 is 11.9 Å². The van der Waals surface area contributed by atoms with E-state index in [-0.39, 0.29) is 11.9 Å². The van der Waals surface area contributed by atoms with Crippen LogP contribution < -0.4 is 0 Å². The van der Waals surface area contributed by atoms with E-state index in [9.17, 15) is 13.2 Å². The van der Waals surface area contributed by atoms with E-state index in [0.717, 1.165) is 11.8 Å². The topological polar surface area (TPSA) is 87.7 Å². The maximum Gasteiger partial charge on any atom is 0.434 e. The minimum absolute atomic E-state index is 0.190. The van der Waals surface area contributed by atoms with Crippen LogP contribution in [0.2, 0.25) is 0 Å². The fourth-order valence-electron chi connectivity index (χ4n) is 4.27. The lowest BCUT2D eigenvalue weighted by Crippen LogP contribution is -2.05. The standard InChI is InChI=1S/C27H21F3N6O2/c1-16(2)35-15-22(27(28,29)30)33-24(35)18-9-7-17(8-10-18)14-36-25-19(32-26(36)21-6-4-12-38-21)13-31-23(34-25)20-5-3-11-37-20/h3-13,15-16H,14H2,1-2H3. The highest BCUT2D eigenvalue weighted by molar-refractivity contribution is 5.77. The molecular weight excluding hydrogens is 497 g/mol. The summed E-state index contributed by atoms with van der Waals surface area (Å²) in [6.07, 6.45) is 1.29. The first-order valence-electron chi connectivity index (χ1n) is 11.8. The van der Waals surface area contributed by atoms with Gasteiger partial charge in [-0.3, -0.25) is 0 Å². The van der Waals surface area contributed by atoms with Gasteiger partial charge in [0.25, 0.3) is 0 Å². The Kier molecular flexibility index (Phi) is 5.63. The highest BCUT2D eigenvalue weighted by Crippen LogP contribution is 2.33. The van der Waals surface area contributed by atoms with Crippen LogP contribution in [0.3, 0.4) is 0 Å². The third-order valence-electron chi connectivity index (χ3n) is 6.10. The van der Waals surface area contributed by atoms with Crippen LogP contribution in [0.15, 0.2) is 82.3 Å². The molecule has 6 aromatic rings. The second-order valence-electron chi connectivity index (χ2n) is 9.02. The molecule has 11 heteroatoms. The number of nitrogens with zero attached hydrogens (tertiary/aromatic N) is 6. The predicted octanol–water partition coefficient (Wildman–Crippen LogP) is 6.86. The van der Waals surface area contributed by atoms with Crippen molar-refractivity contribution in [2.45, 2.75) is 32.6 Å². The zero-order valence-electron chi connectivity index (χ0n) is 20.3. The minimum atomic E-state index is -4.52. The van der Waals surface area contributed by atoms with Crippen LogP contribution in [0.4, 0.5) is 13.2 Å². The van der Waals surface area contributed by atoms with E-state index in [4.69, 9.17) is 13.8 Å². The van der Waals surface area contributed by atoms with E-state index in [2.05, 4.69) is 15.0 Å². The monoisotopic (exact) mass is 518 g/mol. The molecule has 0 amide bonds. The Morgan fingerprint density at radius 1 is 0.868 bits per heavy atom. The van der Waals surface area contributed by atoms with Crippen molar-refractivity contribution < 1.29 is 22.0 Å². The average Bonchev–Trinajstić information content (AvgIpc) is 3.70. The molecule has 6 rings (SSSR count). The number of furan rings is 2. The van der Waals surface area contributed by atoms with Crippen LogP contribution >= 0.6 is 0 Å². The SMILES string of the molecule is CC(C)n1cc(C(F)(F)F)nc1-c1ccc(Cn2c(-c3ccco3)nc3cnc(-c4ccco4)nc32)cc1. The van der Waals surface area contributed by atoms with E-state index in [1.54, 1.807) is 49.1 Å². The van der Waals surface area contributed by atoms with E-state index in [1.165, 1.54) is 4.57 Å². The molecule has 0 atom stereocenters. The summed E-state index contributed by atoms with van der Waals surface area (Å²) in [7, 11) is 0. The van der Waals surface area contributed by atoms with Gasteiger partial charge in [-0.25, -0.2) is 19.9 Å². The summed E-state index contributed by atoms with van der Waals surface area (Å²) in [4.78, 5) is 17.7. The van der Waals surface area contributed by atoms with Gasteiger partial charge < -0.3 is 18.0 Å². The number of fused-ring (bicyclic) bond motifs is 1. The molecule has 38 heavy (non-hydrogen) atoms. The van der Waals surface area contributed by atoms with Gasteiger partial charge in [0.05, 0.1) is 25.3 Å². The molecule has 192 valence electrons. The second-order valence-corrected chi connectivity index (χ2v) is 9.02. The molecule has 1 aromatic carbocycles. The quantitative estimate of drug-likeness (QED) is 0.239. The smallest absolute Gasteiger partial charge is 0.434 e. The third-order valence-corrected chi connectivity index (χ3v) is 6.10. The lowest BCUT2D eigenvalue weighted by Gasteiger charge is -2.12. The molecule has 8 nitrogen and oxygen atoms in total. The minimum Gasteiger partial charge on any atom is -0.461 e. The number of rotatable bonds is 6. The highest BCUT2D eigenvalue weighted by atomic mass is 19.4. The Bertz CT molecular complexity index is 1700. The van der Waals surface area contributed by atoms with Crippen LogP contribution in [0.5, 0.6) is 0 Å². The molecule has 0 aliphatic rings. The molecule has 0 radical (unpaired) electrons. The first-order valence-corrected chi connectivity index (χ1v) is 11.8. The zero-order chi connectivity index (χ0) is 26.4. The maximum absolute atomic E-state index is 13.3. The number of hydrogen-bond donors (Lipinski definition) is 0. The maximum atomic E-state index is 13.3.